The minimum absolute atomic E-state index is 0.120. The summed E-state index contributed by atoms with van der Waals surface area (Å²) in [6.07, 6.45) is 3.48. The summed E-state index contributed by atoms with van der Waals surface area (Å²) in [5, 5.41) is 9.94. The molecule has 20 heavy (non-hydrogen) atoms. The molecular weight excluding hydrogens is 272 g/mol. The molecule has 102 valence electrons. The van der Waals surface area contributed by atoms with Crippen molar-refractivity contribution in [2.24, 2.45) is 0 Å². The van der Waals surface area contributed by atoms with Gasteiger partial charge >= 0.3 is 0 Å². The Hall–Kier alpha value is -2.39. The molecule has 2 N–H and O–H groups in total. The molecule has 0 amide bonds. The highest BCUT2D eigenvalue weighted by atomic mass is 32.1. The number of aromatic nitrogens is 1. The first kappa shape index (κ1) is 14.0. The van der Waals surface area contributed by atoms with Crippen molar-refractivity contribution in [3.63, 3.8) is 0 Å². The van der Waals surface area contributed by atoms with Crippen LogP contribution in [0.2, 0.25) is 0 Å². The fourth-order valence-corrected chi connectivity index (χ4v) is 2.93. The molecule has 2 aromatic heterocycles. The maximum absolute atomic E-state index is 11.5. The van der Waals surface area contributed by atoms with E-state index in [2.05, 4.69) is 11.1 Å². The van der Waals surface area contributed by atoms with Crippen LogP contribution < -0.4 is 10.6 Å². The number of nitrogens with zero attached hydrogens (tertiary/aromatic N) is 3. The van der Waals surface area contributed by atoms with Gasteiger partial charge < -0.3 is 10.6 Å². The van der Waals surface area contributed by atoms with Crippen LogP contribution in [0.4, 0.5) is 10.7 Å². The molecular formula is C14H14N4OS. The van der Waals surface area contributed by atoms with Crippen molar-refractivity contribution in [3.05, 3.63) is 40.5 Å². The van der Waals surface area contributed by atoms with E-state index in [0.717, 1.165) is 5.56 Å². The van der Waals surface area contributed by atoms with Crippen LogP contribution in [0.25, 0.3) is 0 Å². The van der Waals surface area contributed by atoms with Gasteiger partial charge in [-0.25, -0.2) is 0 Å². The molecule has 0 unspecified atom stereocenters. The molecule has 0 aliphatic rings. The van der Waals surface area contributed by atoms with Crippen molar-refractivity contribution in [2.45, 2.75) is 13.5 Å². The summed E-state index contributed by atoms with van der Waals surface area (Å²) >= 11 is 1.25. The molecule has 0 aromatic carbocycles. The van der Waals surface area contributed by atoms with Crippen molar-refractivity contribution >= 4 is 27.8 Å². The third-order valence-electron chi connectivity index (χ3n) is 2.85. The van der Waals surface area contributed by atoms with E-state index in [1.165, 1.54) is 18.3 Å². The molecule has 0 aliphatic heterocycles. The lowest BCUT2D eigenvalue weighted by Gasteiger charge is -2.17. The second-order valence-electron chi connectivity index (χ2n) is 4.41. The molecule has 0 bridgehead atoms. The maximum Gasteiger partial charge on any atom is 0.171 e. The molecule has 2 rings (SSSR count). The van der Waals surface area contributed by atoms with Crippen LogP contribution in [0.5, 0.6) is 0 Å². The fourth-order valence-electron chi connectivity index (χ4n) is 1.91. The van der Waals surface area contributed by atoms with Gasteiger partial charge in [0, 0.05) is 32.9 Å². The first-order valence-corrected chi connectivity index (χ1v) is 6.79. The Morgan fingerprint density at radius 2 is 2.35 bits per heavy atom. The summed E-state index contributed by atoms with van der Waals surface area (Å²) in [5.74, 6) is -0.120. The van der Waals surface area contributed by atoms with E-state index in [1.807, 2.05) is 24.1 Å². The number of thiophene rings is 1. The van der Waals surface area contributed by atoms with Crippen LogP contribution in [0.3, 0.4) is 0 Å². The van der Waals surface area contributed by atoms with Crippen molar-refractivity contribution < 1.29 is 4.79 Å². The molecule has 2 aromatic rings. The van der Waals surface area contributed by atoms with Gasteiger partial charge in [-0.15, -0.1) is 11.3 Å². The molecule has 5 nitrogen and oxygen atoms in total. The van der Waals surface area contributed by atoms with Crippen LogP contribution in [0.1, 0.15) is 27.7 Å². The molecule has 0 atom stereocenters. The number of nitriles is 1. The Labute approximate surface area is 121 Å². The molecule has 0 spiro atoms. The van der Waals surface area contributed by atoms with Gasteiger partial charge in [0.05, 0.1) is 10.6 Å². The third kappa shape index (κ3) is 2.63. The summed E-state index contributed by atoms with van der Waals surface area (Å²) in [6, 6.07) is 5.90. The van der Waals surface area contributed by atoms with Gasteiger partial charge in [-0.3, -0.25) is 9.78 Å². The number of pyridine rings is 1. The SMILES string of the molecule is CC(=O)c1sc(N(C)Cc2cccnc2)c(C#N)c1N. The quantitative estimate of drug-likeness (QED) is 0.873. The first-order valence-electron chi connectivity index (χ1n) is 5.98. The zero-order chi connectivity index (χ0) is 14.7. The zero-order valence-corrected chi connectivity index (χ0v) is 12.1. The van der Waals surface area contributed by atoms with E-state index in [9.17, 15) is 10.1 Å². The Kier molecular flexibility index (Phi) is 4.01. The highest BCUT2D eigenvalue weighted by Gasteiger charge is 2.21. The van der Waals surface area contributed by atoms with Gasteiger partial charge in [0.2, 0.25) is 0 Å². The van der Waals surface area contributed by atoms with Gasteiger partial charge in [0.25, 0.3) is 0 Å². The normalized spacial score (nSPS) is 10.1. The minimum Gasteiger partial charge on any atom is -0.396 e. The van der Waals surface area contributed by atoms with E-state index in [4.69, 9.17) is 5.73 Å². The van der Waals surface area contributed by atoms with Gasteiger partial charge in [-0.1, -0.05) is 6.07 Å². The molecule has 6 heteroatoms. The average Bonchev–Trinajstić information content (AvgIpc) is 2.77. The highest BCUT2D eigenvalue weighted by Crippen LogP contribution is 2.37. The lowest BCUT2D eigenvalue weighted by atomic mass is 10.2. The number of hydrogen-bond donors (Lipinski definition) is 1. The van der Waals surface area contributed by atoms with Crippen LogP contribution in [-0.2, 0) is 6.54 Å². The number of ketones is 1. The average molecular weight is 286 g/mol. The van der Waals surface area contributed by atoms with E-state index in [-0.39, 0.29) is 11.5 Å². The standard InChI is InChI=1S/C14H14N4OS/c1-9(19)13-12(16)11(6-15)14(20-13)18(2)8-10-4-3-5-17-7-10/h3-5,7H,8,16H2,1-2H3. The Bertz CT molecular complexity index is 672. The Morgan fingerprint density at radius 1 is 1.60 bits per heavy atom. The van der Waals surface area contributed by atoms with Crippen LogP contribution >= 0.6 is 11.3 Å². The van der Waals surface area contributed by atoms with E-state index in [0.29, 0.717) is 22.0 Å². The molecule has 0 aliphatic carbocycles. The molecule has 2 heterocycles. The van der Waals surface area contributed by atoms with Crippen LogP contribution in [-0.4, -0.2) is 17.8 Å². The Balaban J connectivity index is 2.35. The highest BCUT2D eigenvalue weighted by molar-refractivity contribution is 7.19. The van der Waals surface area contributed by atoms with E-state index in [1.54, 1.807) is 12.4 Å². The van der Waals surface area contributed by atoms with Crippen LogP contribution in [0.15, 0.2) is 24.5 Å². The summed E-state index contributed by atoms with van der Waals surface area (Å²) in [5.41, 5.74) is 7.54. The Morgan fingerprint density at radius 3 is 2.90 bits per heavy atom. The van der Waals surface area contributed by atoms with Gasteiger partial charge in [0.1, 0.15) is 16.6 Å². The second-order valence-corrected chi connectivity index (χ2v) is 5.41. The predicted molar refractivity (Wildman–Crippen MR) is 79.8 cm³/mol. The number of Topliss-reactive ketones (excluding diaryl/α,β-unsaturated/α-hetero) is 1. The van der Waals surface area contributed by atoms with E-state index < -0.39 is 0 Å². The third-order valence-corrected chi connectivity index (χ3v) is 4.27. The smallest absolute Gasteiger partial charge is 0.171 e. The number of rotatable bonds is 4. The summed E-state index contributed by atoms with van der Waals surface area (Å²) < 4.78 is 0. The lowest BCUT2D eigenvalue weighted by Crippen LogP contribution is -2.16. The van der Waals surface area contributed by atoms with E-state index >= 15 is 0 Å². The predicted octanol–water partition coefficient (Wildman–Crippen LogP) is 2.44. The zero-order valence-electron chi connectivity index (χ0n) is 11.3. The molecule has 0 radical (unpaired) electrons. The summed E-state index contributed by atoms with van der Waals surface area (Å²) in [6.45, 7) is 2.05. The van der Waals surface area contributed by atoms with Crippen molar-refractivity contribution in [2.75, 3.05) is 17.7 Å². The number of nitrogens with two attached hydrogens (primary N) is 1. The van der Waals surface area contributed by atoms with Gasteiger partial charge in [-0.2, -0.15) is 5.26 Å². The monoisotopic (exact) mass is 286 g/mol. The van der Waals surface area contributed by atoms with Gasteiger partial charge in [-0.05, 0) is 11.6 Å². The minimum atomic E-state index is -0.120. The number of carbonyl (C=O) groups is 1. The van der Waals surface area contributed by atoms with Crippen molar-refractivity contribution in [3.8, 4) is 6.07 Å². The van der Waals surface area contributed by atoms with Crippen molar-refractivity contribution in [1.29, 1.82) is 5.26 Å². The number of carbonyl (C=O) groups excluding carboxylic acids is 1. The maximum atomic E-state index is 11.5. The molecule has 0 fully saturated rings. The largest absolute Gasteiger partial charge is 0.396 e. The number of anilines is 2. The number of nitrogen functional groups attached to an aromatic ring is 1. The topological polar surface area (TPSA) is 83.0 Å². The van der Waals surface area contributed by atoms with Crippen LogP contribution in [0, 0.1) is 11.3 Å². The fraction of sp³-hybridized carbons (Fsp3) is 0.214. The summed E-state index contributed by atoms with van der Waals surface area (Å²) in [4.78, 5) is 17.9. The molecule has 0 saturated heterocycles. The number of hydrogen-bond acceptors (Lipinski definition) is 6. The molecule has 0 saturated carbocycles. The van der Waals surface area contributed by atoms with Crippen molar-refractivity contribution in [1.82, 2.24) is 4.98 Å². The second kappa shape index (κ2) is 5.72. The first-order chi connectivity index (χ1) is 9.54. The van der Waals surface area contributed by atoms with Gasteiger partial charge in [0.15, 0.2) is 5.78 Å². The summed E-state index contributed by atoms with van der Waals surface area (Å²) in [7, 11) is 1.86. The lowest BCUT2D eigenvalue weighted by molar-refractivity contribution is 0.102.